The molecule has 8 heteroatoms. The van der Waals surface area contributed by atoms with Crippen LogP contribution in [0, 0.1) is 0 Å². The van der Waals surface area contributed by atoms with E-state index in [0.29, 0.717) is 51.7 Å². The van der Waals surface area contributed by atoms with Gasteiger partial charge in [0.25, 0.3) is 0 Å². The monoisotopic (exact) mass is 516 g/mol. The Bertz CT molecular complexity index is 848. The van der Waals surface area contributed by atoms with E-state index in [-0.39, 0.29) is 24.0 Å². The minimum absolute atomic E-state index is 0.107. The third-order valence-electron chi connectivity index (χ3n) is 5.22. The molecule has 0 radical (unpaired) electrons. The Morgan fingerprint density at radius 1 is 0.757 bits per heavy atom. The van der Waals surface area contributed by atoms with Crippen molar-refractivity contribution in [2.24, 2.45) is 5.73 Å². The smallest absolute Gasteiger partial charge is 0.306 e. The molecule has 0 aliphatic rings. The van der Waals surface area contributed by atoms with Crippen LogP contribution in [0.3, 0.4) is 0 Å². The average Bonchev–Trinajstić information content (AvgIpc) is 2.90. The number of benzene rings is 2. The quantitative estimate of drug-likeness (QED) is 0.322. The van der Waals surface area contributed by atoms with Crippen molar-refractivity contribution in [3.63, 3.8) is 0 Å². The highest BCUT2D eigenvalue weighted by molar-refractivity contribution is 5.69. The Hall–Kier alpha value is -2.78. The molecule has 0 aromatic heterocycles. The van der Waals surface area contributed by atoms with Gasteiger partial charge in [-0.25, -0.2) is 0 Å². The molecule has 2 aromatic rings. The molecule has 0 unspecified atom stereocenters. The largest absolute Gasteiger partial charge is 0.461 e. The maximum atomic E-state index is 11.7. The predicted molar refractivity (Wildman–Crippen MR) is 145 cm³/mol. The summed E-state index contributed by atoms with van der Waals surface area (Å²) in [4.78, 5) is 23.1. The number of hydrogen-bond donors (Lipinski definition) is 2. The fourth-order valence-electron chi connectivity index (χ4n) is 3.40. The molecule has 206 valence electrons. The second-order valence-corrected chi connectivity index (χ2v) is 9.06. The summed E-state index contributed by atoms with van der Waals surface area (Å²) in [6, 6.07) is 19.7. The molecule has 0 saturated carbocycles. The van der Waals surface area contributed by atoms with Gasteiger partial charge in [0.2, 0.25) is 0 Å². The first kappa shape index (κ1) is 32.2. The van der Waals surface area contributed by atoms with Gasteiger partial charge < -0.3 is 30.0 Å². The van der Waals surface area contributed by atoms with Crippen molar-refractivity contribution in [3.05, 3.63) is 71.8 Å². The number of carbonyl (C=O) groups is 2. The summed E-state index contributed by atoms with van der Waals surface area (Å²) < 4.78 is 20.4. The Balaban J connectivity index is 0.000000375. The summed E-state index contributed by atoms with van der Waals surface area (Å²) in [5.41, 5.74) is 7.70. The van der Waals surface area contributed by atoms with Gasteiger partial charge in [-0.1, -0.05) is 74.5 Å². The van der Waals surface area contributed by atoms with E-state index < -0.39 is 0 Å². The van der Waals surface area contributed by atoms with Crippen LogP contribution >= 0.6 is 0 Å². The van der Waals surface area contributed by atoms with Gasteiger partial charge in [-0.15, -0.1) is 0 Å². The van der Waals surface area contributed by atoms with Crippen LogP contribution in [0.15, 0.2) is 60.7 Å². The number of methoxy groups -OCH3 is 2. The zero-order valence-electron chi connectivity index (χ0n) is 22.7. The molecule has 2 rings (SSSR count). The van der Waals surface area contributed by atoms with Crippen molar-refractivity contribution in [3.8, 4) is 0 Å². The second-order valence-electron chi connectivity index (χ2n) is 9.06. The maximum absolute atomic E-state index is 11.7. The van der Waals surface area contributed by atoms with Crippen molar-refractivity contribution in [1.82, 2.24) is 5.32 Å². The van der Waals surface area contributed by atoms with E-state index in [1.165, 1.54) is 0 Å². The first-order valence-electron chi connectivity index (χ1n) is 12.7. The van der Waals surface area contributed by atoms with Crippen LogP contribution < -0.4 is 11.1 Å². The summed E-state index contributed by atoms with van der Waals surface area (Å²) in [5, 5.41) is 3.38. The third kappa shape index (κ3) is 17.3. The maximum Gasteiger partial charge on any atom is 0.306 e. The lowest BCUT2D eigenvalue weighted by Gasteiger charge is -2.20. The second kappa shape index (κ2) is 20.3. The number of carbonyl (C=O) groups excluding carboxylic acids is 2. The Labute approximate surface area is 221 Å². The summed E-state index contributed by atoms with van der Waals surface area (Å²) in [6.45, 7) is 5.88. The van der Waals surface area contributed by atoms with Gasteiger partial charge in [-0.3, -0.25) is 9.59 Å². The van der Waals surface area contributed by atoms with Crippen molar-refractivity contribution in [2.45, 2.75) is 70.9 Å². The highest BCUT2D eigenvalue weighted by Gasteiger charge is 2.13. The fourth-order valence-corrected chi connectivity index (χ4v) is 3.40. The number of nitrogens with two attached hydrogens (primary N) is 1. The van der Waals surface area contributed by atoms with Crippen LogP contribution in [-0.4, -0.2) is 57.5 Å². The Morgan fingerprint density at radius 3 is 1.65 bits per heavy atom. The van der Waals surface area contributed by atoms with Gasteiger partial charge in [-0.2, -0.15) is 0 Å². The molecule has 37 heavy (non-hydrogen) atoms. The topological polar surface area (TPSA) is 109 Å². The summed E-state index contributed by atoms with van der Waals surface area (Å²) in [7, 11) is 3.26. The summed E-state index contributed by atoms with van der Waals surface area (Å²) >= 11 is 0. The molecule has 0 amide bonds. The lowest BCUT2D eigenvalue weighted by molar-refractivity contribution is -0.146. The Kier molecular flexibility index (Phi) is 17.7. The van der Waals surface area contributed by atoms with E-state index in [1.807, 2.05) is 60.7 Å². The van der Waals surface area contributed by atoms with E-state index in [0.717, 1.165) is 17.5 Å². The average molecular weight is 517 g/mol. The Morgan fingerprint density at radius 2 is 1.22 bits per heavy atom. The minimum atomic E-state index is -0.222. The lowest BCUT2D eigenvalue weighted by atomic mass is 10.1. The van der Waals surface area contributed by atoms with Gasteiger partial charge in [0, 0.05) is 45.2 Å². The molecule has 3 N–H and O–H groups in total. The SMILES string of the molecule is COC[C@@H](N)CCC(=O)OCc1ccccc1.COC[C@H](CCC(=O)OCc1ccccc1)NC(C)C. The molecule has 0 saturated heterocycles. The number of esters is 2. The first-order chi connectivity index (χ1) is 17.8. The molecule has 2 aromatic carbocycles. The highest BCUT2D eigenvalue weighted by atomic mass is 16.5. The van der Waals surface area contributed by atoms with Gasteiger partial charge in [0.05, 0.1) is 13.2 Å². The van der Waals surface area contributed by atoms with Crippen molar-refractivity contribution >= 4 is 11.9 Å². The lowest BCUT2D eigenvalue weighted by Crippen LogP contribution is -2.38. The van der Waals surface area contributed by atoms with Crippen molar-refractivity contribution < 1.29 is 28.5 Å². The zero-order chi connectivity index (χ0) is 27.3. The normalized spacial score (nSPS) is 12.3. The fraction of sp³-hybridized carbons (Fsp3) is 0.517. The highest BCUT2D eigenvalue weighted by Crippen LogP contribution is 2.06. The minimum Gasteiger partial charge on any atom is -0.461 e. The van der Waals surface area contributed by atoms with Gasteiger partial charge in [0.1, 0.15) is 13.2 Å². The summed E-state index contributed by atoms with van der Waals surface area (Å²) in [6.07, 6.45) is 2.04. The third-order valence-corrected chi connectivity index (χ3v) is 5.22. The van der Waals surface area contributed by atoms with E-state index in [4.69, 9.17) is 24.7 Å². The molecule has 0 fully saturated rings. The molecule has 0 spiro atoms. The van der Waals surface area contributed by atoms with Crippen molar-refractivity contribution in [1.29, 1.82) is 0 Å². The van der Waals surface area contributed by atoms with Crippen LogP contribution in [0.4, 0.5) is 0 Å². The number of rotatable bonds is 16. The van der Waals surface area contributed by atoms with E-state index in [1.54, 1.807) is 14.2 Å². The molecule has 8 nitrogen and oxygen atoms in total. The van der Waals surface area contributed by atoms with Crippen LogP contribution in [0.2, 0.25) is 0 Å². The molecule has 2 atom stereocenters. The van der Waals surface area contributed by atoms with Gasteiger partial charge in [0.15, 0.2) is 0 Å². The molecule has 0 aliphatic heterocycles. The standard InChI is InChI=1S/C16H25NO3.C13H19NO3/c1-13(2)17-15(12-19-3)9-10-16(18)20-11-14-7-5-4-6-8-14;1-16-10-12(14)7-8-13(15)17-9-11-5-3-2-4-6-11/h4-8,13,15,17H,9-12H2,1-3H3;2-6,12H,7-10,14H2,1H3/t15-;12-/m00/s1. The predicted octanol–water partition coefficient (Wildman–Crippen LogP) is 4.01. The first-order valence-corrected chi connectivity index (χ1v) is 12.7. The van der Waals surface area contributed by atoms with E-state index in [2.05, 4.69) is 19.2 Å². The molecular formula is C29H44N2O6. The zero-order valence-corrected chi connectivity index (χ0v) is 22.7. The van der Waals surface area contributed by atoms with Crippen LogP contribution in [-0.2, 0) is 41.8 Å². The van der Waals surface area contributed by atoms with E-state index >= 15 is 0 Å². The van der Waals surface area contributed by atoms with Gasteiger partial charge >= 0.3 is 11.9 Å². The number of ether oxygens (including phenoxy) is 4. The summed E-state index contributed by atoms with van der Waals surface area (Å²) in [5.74, 6) is -0.388. The van der Waals surface area contributed by atoms with E-state index in [9.17, 15) is 9.59 Å². The molecule has 0 heterocycles. The number of nitrogens with one attached hydrogen (secondary N) is 1. The van der Waals surface area contributed by atoms with Crippen LogP contribution in [0.25, 0.3) is 0 Å². The van der Waals surface area contributed by atoms with Crippen LogP contribution in [0.1, 0.15) is 50.7 Å². The van der Waals surface area contributed by atoms with Gasteiger partial charge in [-0.05, 0) is 24.0 Å². The molecule has 0 aliphatic carbocycles. The van der Waals surface area contributed by atoms with Crippen LogP contribution in [0.5, 0.6) is 0 Å². The number of hydrogen-bond acceptors (Lipinski definition) is 8. The molecule has 0 bridgehead atoms. The van der Waals surface area contributed by atoms with Crippen molar-refractivity contribution in [2.75, 3.05) is 27.4 Å². The molecular weight excluding hydrogens is 472 g/mol.